The summed E-state index contributed by atoms with van der Waals surface area (Å²) >= 11 is 0. The van der Waals surface area contributed by atoms with Gasteiger partial charge < -0.3 is 15.5 Å². The van der Waals surface area contributed by atoms with Crippen LogP contribution in [0.2, 0.25) is 0 Å². The summed E-state index contributed by atoms with van der Waals surface area (Å²) in [7, 11) is 1.69. The van der Waals surface area contributed by atoms with E-state index in [1.54, 1.807) is 7.05 Å². The van der Waals surface area contributed by atoms with Crippen LogP contribution in [0.4, 0.5) is 0 Å². The second kappa shape index (κ2) is 6.21. The third kappa shape index (κ3) is 3.16. The SMILES string of the molecule is CNC(=O)C1CCCN(C(CN)c2ccc(C)o2)C1. The molecule has 0 spiro atoms. The standard InChI is InChI=1S/C14H23N3O2/c1-10-5-6-13(19-10)12(8-15)17-7-3-4-11(9-17)14(18)16-2/h5-6,11-12H,3-4,7-9,15H2,1-2H3,(H,16,18). The Labute approximate surface area is 114 Å². The zero-order valence-electron chi connectivity index (χ0n) is 11.7. The van der Waals surface area contributed by atoms with E-state index >= 15 is 0 Å². The van der Waals surface area contributed by atoms with E-state index in [1.807, 2.05) is 19.1 Å². The molecule has 0 saturated carbocycles. The Morgan fingerprint density at radius 1 is 1.63 bits per heavy atom. The summed E-state index contributed by atoms with van der Waals surface area (Å²) in [5.74, 6) is 1.98. The number of nitrogens with one attached hydrogen (secondary N) is 1. The predicted octanol–water partition coefficient (Wildman–Crippen LogP) is 1.05. The average molecular weight is 265 g/mol. The van der Waals surface area contributed by atoms with Gasteiger partial charge in [0, 0.05) is 20.1 Å². The van der Waals surface area contributed by atoms with Gasteiger partial charge in [-0.1, -0.05) is 0 Å². The van der Waals surface area contributed by atoms with Crippen LogP contribution in [-0.4, -0.2) is 37.5 Å². The minimum absolute atomic E-state index is 0.0591. The molecule has 2 rings (SSSR count). The van der Waals surface area contributed by atoms with Crippen molar-refractivity contribution in [2.24, 2.45) is 11.7 Å². The van der Waals surface area contributed by atoms with Crippen molar-refractivity contribution in [3.05, 3.63) is 23.7 Å². The fraction of sp³-hybridized carbons (Fsp3) is 0.643. The molecule has 19 heavy (non-hydrogen) atoms. The molecule has 1 aromatic rings. The molecule has 0 aromatic carbocycles. The van der Waals surface area contributed by atoms with Gasteiger partial charge in [-0.3, -0.25) is 9.69 Å². The van der Waals surface area contributed by atoms with Crippen LogP contribution in [0.5, 0.6) is 0 Å². The Balaban J connectivity index is 2.08. The lowest BCUT2D eigenvalue weighted by Crippen LogP contribution is -2.45. The van der Waals surface area contributed by atoms with Crippen molar-refractivity contribution < 1.29 is 9.21 Å². The number of nitrogens with zero attached hydrogens (tertiary/aromatic N) is 1. The molecule has 0 bridgehead atoms. The number of amides is 1. The van der Waals surface area contributed by atoms with Gasteiger partial charge in [0.2, 0.25) is 5.91 Å². The fourth-order valence-electron chi connectivity index (χ4n) is 2.79. The maximum absolute atomic E-state index is 11.8. The van der Waals surface area contributed by atoms with Gasteiger partial charge in [0.05, 0.1) is 12.0 Å². The molecule has 5 nitrogen and oxygen atoms in total. The van der Waals surface area contributed by atoms with Crippen molar-refractivity contribution in [1.82, 2.24) is 10.2 Å². The van der Waals surface area contributed by atoms with Crippen LogP contribution in [-0.2, 0) is 4.79 Å². The first-order chi connectivity index (χ1) is 9.15. The molecule has 0 radical (unpaired) electrons. The van der Waals surface area contributed by atoms with E-state index < -0.39 is 0 Å². The lowest BCUT2D eigenvalue weighted by molar-refractivity contribution is -0.126. The molecular formula is C14H23N3O2. The van der Waals surface area contributed by atoms with Gasteiger partial charge in [-0.05, 0) is 38.4 Å². The van der Waals surface area contributed by atoms with Crippen molar-refractivity contribution >= 4 is 5.91 Å². The third-order valence-corrected chi connectivity index (χ3v) is 3.82. The van der Waals surface area contributed by atoms with E-state index in [0.717, 1.165) is 37.5 Å². The van der Waals surface area contributed by atoms with Crippen molar-refractivity contribution in [2.45, 2.75) is 25.8 Å². The zero-order chi connectivity index (χ0) is 13.8. The molecule has 1 saturated heterocycles. The van der Waals surface area contributed by atoms with E-state index in [2.05, 4.69) is 10.2 Å². The highest BCUT2D eigenvalue weighted by Gasteiger charge is 2.30. The molecule has 106 valence electrons. The fourth-order valence-corrected chi connectivity index (χ4v) is 2.79. The van der Waals surface area contributed by atoms with Gasteiger partial charge in [0.15, 0.2) is 0 Å². The van der Waals surface area contributed by atoms with Gasteiger partial charge in [-0.15, -0.1) is 0 Å². The lowest BCUT2D eigenvalue weighted by atomic mass is 9.95. The van der Waals surface area contributed by atoms with Gasteiger partial charge in [-0.2, -0.15) is 0 Å². The molecule has 1 amide bonds. The highest BCUT2D eigenvalue weighted by Crippen LogP contribution is 2.27. The summed E-state index contributed by atoms with van der Waals surface area (Å²) in [6, 6.07) is 4.01. The Morgan fingerprint density at radius 3 is 3.00 bits per heavy atom. The minimum atomic E-state index is 0.0591. The number of nitrogens with two attached hydrogens (primary N) is 1. The number of hydrogen-bond donors (Lipinski definition) is 2. The van der Waals surface area contributed by atoms with Crippen LogP contribution in [0.15, 0.2) is 16.5 Å². The normalized spacial score (nSPS) is 22.2. The van der Waals surface area contributed by atoms with E-state index in [1.165, 1.54) is 0 Å². The molecule has 1 aliphatic rings. The first-order valence-electron chi connectivity index (χ1n) is 6.87. The molecule has 2 heterocycles. The topological polar surface area (TPSA) is 71.5 Å². The molecular weight excluding hydrogens is 242 g/mol. The number of carbonyl (C=O) groups is 1. The van der Waals surface area contributed by atoms with Crippen molar-refractivity contribution in [3.8, 4) is 0 Å². The lowest BCUT2D eigenvalue weighted by Gasteiger charge is -2.36. The molecule has 1 fully saturated rings. The average Bonchev–Trinajstić information content (AvgIpc) is 2.85. The summed E-state index contributed by atoms with van der Waals surface area (Å²) in [6.45, 7) is 4.16. The quantitative estimate of drug-likeness (QED) is 0.853. The predicted molar refractivity (Wildman–Crippen MR) is 73.6 cm³/mol. The second-order valence-electron chi connectivity index (χ2n) is 5.15. The summed E-state index contributed by atoms with van der Waals surface area (Å²) in [6.07, 6.45) is 1.97. The molecule has 1 aliphatic heterocycles. The number of aryl methyl sites for hydroxylation is 1. The summed E-state index contributed by atoms with van der Waals surface area (Å²) in [4.78, 5) is 14.0. The van der Waals surface area contributed by atoms with Crippen LogP contribution >= 0.6 is 0 Å². The number of hydrogen-bond acceptors (Lipinski definition) is 4. The highest BCUT2D eigenvalue weighted by molar-refractivity contribution is 5.78. The Hall–Kier alpha value is -1.33. The maximum Gasteiger partial charge on any atom is 0.224 e. The van der Waals surface area contributed by atoms with Gasteiger partial charge >= 0.3 is 0 Å². The van der Waals surface area contributed by atoms with Gasteiger partial charge in [0.1, 0.15) is 11.5 Å². The first-order valence-corrected chi connectivity index (χ1v) is 6.87. The van der Waals surface area contributed by atoms with Gasteiger partial charge in [-0.25, -0.2) is 0 Å². The molecule has 5 heteroatoms. The number of piperidine rings is 1. The number of rotatable bonds is 4. The van der Waals surface area contributed by atoms with Crippen molar-refractivity contribution in [3.63, 3.8) is 0 Å². The summed E-state index contributed by atoms with van der Waals surface area (Å²) in [5.41, 5.74) is 5.90. The largest absolute Gasteiger partial charge is 0.465 e. The highest BCUT2D eigenvalue weighted by atomic mass is 16.3. The van der Waals surface area contributed by atoms with E-state index in [9.17, 15) is 4.79 Å². The van der Waals surface area contributed by atoms with Crippen LogP contribution < -0.4 is 11.1 Å². The monoisotopic (exact) mass is 265 g/mol. The Morgan fingerprint density at radius 2 is 2.42 bits per heavy atom. The van der Waals surface area contributed by atoms with Crippen molar-refractivity contribution in [2.75, 3.05) is 26.7 Å². The first kappa shape index (κ1) is 14.1. The minimum Gasteiger partial charge on any atom is -0.465 e. The van der Waals surface area contributed by atoms with E-state index in [4.69, 9.17) is 10.2 Å². The molecule has 3 N–H and O–H groups in total. The zero-order valence-corrected chi connectivity index (χ0v) is 11.7. The van der Waals surface area contributed by atoms with Crippen molar-refractivity contribution in [1.29, 1.82) is 0 Å². The molecule has 1 aromatic heterocycles. The smallest absolute Gasteiger partial charge is 0.224 e. The molecule has 2 atom stereocenters. The Bertz CT molecular complexity index is 430. The van der Waals surface area contributed by atoms with E-state index in [0.29, 0.717) is 6.54 Å². The number of likely N-dealkylation sites (tertiary alicyclic amines) is 1. The van der Waals surface area contributed by atoms with Crippen LogP contribution in [0.25, 0.3) is 0 Å². The molecule has 0 aliphatic carbocycles. The van der Waals surface area contributed by atoms with Crippen LogP contribution in [0, 0.1) is 12.8 Å². The third-order valence-electron chi connectivity index (χ3n) is 3.82. The van der Waals surface area contributed by atoms with Gasteiger partial charge in [0.25, 0.3) is 0 Å². The van der Waals surface area contributed by atoms with E-state index in [-0.39, 0.29) is 17.9 Å². The maximum atomic E-state index is 11.8. The van der Waals surface area contributed by atoms with Crippen LogP contribution in [0.3, 0.4) is 0 Å². The second-order valence-corrected chi connectivity index (χ2v) is 5.15. The summed E-state index contributed by atoms with van der Waals surface area (Å²) < 4.78 is 5.69. The Kier molecular flexibility index (Phi) is 4.61. The van der Waals surface area contributed by atoms with Crippen LogP contribution in [0.1, 0.15) is 30.4 Å². The molecule has 2 unspecified atom stereocenters. The number of carbonyl (C=O) groups excluding carboxylic acids is 1. The summed E-state index contributed by atoms with van der Waals surface area (Å²) in [5, 5.41) is 2.74. The number of furan rings is 1.